The lowest BCUT2D eigenvalue weighted by Gasteiger charge is -2.11. The highest BCUT2D eigenvalue weighted by molar-refractivity contribution is 8.21. The average Bonchev–Trinajstić information content (AvgIpc) is 2.17. The summed E-state index contributed by atoms with van der Waals surface area (Å²) in [6, 6.07) is 3.22. The zero-order chi connectivity index (χ0) is 11.5. The van der Waals surface area contributed by atoms with Crippen LogP contribution >= 0.6 is 21.7 Å². The van der Waals surface area contributed by atoms with Crippen LogP contribution in [0.3, 0.4) is 0 Å². The predicted octanol–water partition coefficient (Wildman–Crippen LogP) is 4.35. The van der Waals surface area contributed by atoms with E-state index in [-0.39, 0.29) is 4.90 Å². The number of halogens is 4. The molecule has 0 amide bonds. The van der Waals surface area contributed by atoms with Crippen molar-refractivity contribution in [2.75, 3.05) is 6.61 Å². The van der Waals surface area contributed by atoms with Gasteiger partial charge >= 0.3 is 6.18 Å². The highest BCUT2D eigenvalue weighted by Crippen LogP contribution is 2.38. The second-order valence-corrected chi connectivity index (χ2v) is 3.73. The molecule has 0 unspecified atom stereocenters. The Morgan fingerprint density at radius 3 is 2.53 bits per heavy atom. The summed E-state index contributed by atoms with van der Waals surface area (Å²) in [6.45, 7) is 2.14. The highest BCUT2D eigenvalue weighted by Gasteiger charge is 2.31. The molecule has 0 saturated heterocycles. The van der Waals surface area contributed by atoms with Gasteiger partial charge in [-0.3, -0.25) is 0 Å². The zero-order valence-corrected chi connectivity index (χ0v) is 9.34. The van der Waals surface area contributed by atoms with Crippen molar-refractivity contribution < 1.29 is 17.9 Å². The fourth-order valence-corrected chi connectivity index (χ4v) is 1.76. The van der Waals surface area contributed by atoms with Crippen LogP contribution in [0.4, 0.5) is 13.2 Å². The zero-order valence-electron chi connectivity index (χ0n) is 7.77. The summed E-state index contributed by atoms with van der Waals surface area (Å²) in [7, 11) is 6.17. The van der Waals surface area contributed by atoms with Crippen molar-refractivity contribution in [3.8, 4) is 5.75 Å². The molecule has 0 atom stereocenters. The first kappa shape index (κ1) is 12.5. The molecule has 6 heteroatoms. The molecular weight excluding hydrogens is 249 g/mol. The van der Waals surface area contributed by atoms with E-state index in [9.17, 15) is 13.2 Å². The fourth-order valence-electron chi connectivity index (χ4n) is 1.02. The van der Waals surface area contributed by atoms with Gasteiger partial charge in [-0.1, -0.05) is 0 Å². The summed E-state index contributed by atoms with van der Waals surface area (Å²) in [4.78, 5) is 0.272. The van der Waals surface area contributed by atoms with Crippen LogP contribution in [0.1, 0.15) is 12.5 Å². The maximum atomic E-state index is 12.3. The average molecular weight is 257 g/mol. The minimum atomic E-state index is -4.36. The van der Waals surface area contributed by atoms with Gasteiger partial charge < -0.3 is 4.74 Å². The first-order valence-electron chi connectivity index (χ1n) is 4.11. The van der Waals surface area contributed by atoms with Gasteiger partial charge in [0.2, 0.25) is 0 Å². The SMILES string of the molecule is CCOc1ccc(C(F)(F)F)cc1SCl. The Balaban J connectivity index is 3.08. The smallest absolute Gasteiger partial charge is 0.416 e. The van der Waals surface area contributed by atoms with E-state index in [2.05, 4.69) is 0 Å². The summed E-state index contributed by atoms with van der Waals surface area (Å²) < 4.78 is 42.1. The van der Waals surface area contributed by atoms with E-state index in [1.807, 2.05) is 0 Å². The normalized spacial score (nSPS) is 11.5. The van der Waals surface area contributed by atoms with Crippen molar-refractivity contribution >= 4 is 21.7 Å². The molecule has 0 N–H and O–H groups in total. The Morgan fingerprint density at radius 1 is 1.40 bits per heavy atom. The van der Waals surface area contributed by atoms with Crippen LogP contribution in [0.2, 0.25) is 0 Å². The standard InChI is InChI=1S/C9H8ClF3OS/c1-2-14-7-4-3-6(9(11,12)13)5-8(7)15-10/h3-5H,2H2,1H3. The van der Waals surface area contributed by atoms with Gasteiger partial charge in [0.1, 0.15) is 5.75 Å². The molecule has 15 heavy (non-hydrogen) atoms. The third-order valence-electron chi connectivity index (χ3n) is 1.65. The Labute approximate surface area is 94.1 Å². The highest BCUT2D eigenvalue weighted by atomic mass is 35.7. The minimum absolute atomic E-state index is 0.272. The molecule has 1 rings (SSSR count). The molecule has 84 valence electrons. The summed E-state index contributed by atoms with van der Waals surface area (Å²) in [6.07, 6.45) is -4.36. The molecule has 0 heterocycles. The van der Waals surface area contributed by atoms with Crippen molar-refractivity contribution in [3.05, 3.63) is 23.8 Å². The van der Waals surface area contributed by atoms with Gasteiger partial charge in [-0.2, -0.15) is 13.2 Å². The number of hydrogen-bond donors (Lipinski definition) is 0. The largest absolute Gasteiger partial charge is 0.493 e. The Hall–Kier alpha value is -0.550. The van der Waals surface area contributed by atoms with E-state index in [0.29, 0.717) is 23.3 Å². The van der Waals surface area contributed by atoms with E-state index in [1.54, 1.807) is 6.92 Å². The van der Waals surface area contributed by atoms with Crippen molar-refractivity contribution in [3.63, 3.8) is 0 Å². The van der Waals surface area contributed by atoms with E-state index < -0.39 is 11.7 Å². The molecule has 1 aromatic carbocycles. The molecule has 0 saturated carbocycles. The maximum absolute atomic E-state index is 12.3. The van der Waals surface area contributed by atoms with Crippen LogP contribution in [0.15, 0.2) is 23.1 Å². The fraction of sp³-hybridized carbons (Fsp3) is 0.333. The van der Waals surface area contributed by atoms with Crippen LogP contribution in [-0.2, 0) is 6.18 Å². The molecule has 0 aromatic heterocycles. The third kappa shape index (κ3) is 3.21. The molecular formula is C9H8ClF3OS. The Morgan fingerprint density at radius 2 is 2.07 bits per heavy atom. The lowest BCUT2D eigenvalue weighted by molar-refractivity contribution is -0.137. The quantitative estimate of drug-likeness (QED) is 0.795. The molecule has 0 radical (unpaired) electrons. The number of alkyl halides is 3. The van der Waals surface area contributed by atoms with Crippen molar-refractivity contribution in [2.45, 2.75) is 18.0 Å². The van der Waals surface area contributed by atoms with Gasteiger partial charge in [-0.15, -0.1) is 0 Å². The first-order chi connectivity index (χ1) is 6.99. The minimum Gasteiger partial charge on any atom is -0.493 e. The van der Waals surface area contributed by atoms with Gasteiger partial charge in [0.05, 0.1) is 17.1 Å². The van der Waals surface area contributed by atoms with Gasteiger partial charge in [-0.25, -0.2) is 0 Å². The molecule has 0 fully saturated rings. The predicted molar refractivity (Wildman–Crippen MR) is 54.3 cm³/mol. The van der Waals surface area contributed by atoms with Crippen LogP contribution in [-0.4, -0.2) is 6.61 Å². The molecule has 0 aliphatic carbocycles. The summed E-state index contributed by atoms with van der Waals surface area (Å²) in [5, 5.41) is 0. The molecule has 0 bridgehead atoms. The van der Waals surface area contributed by atoms with Crippen LogP contribution in [0.5, 0.6) is 5.75 Å². The van der Waals surface area contributed by atoms with Crippen molar-refractivity contribution in [1.29, 1.82) is 0 Å². The first-order valence-corrected chi connectivity index (χ1v) is 5.76. The monoisotopic (exact) mass is 256 g/mol. The van der Waals surface area contributed by atoms with E-state index in [0.717, 1.165) is 12.1 Å². The third-order valence-corrected chi connectivity index (χ3v) is 2.64. The number of ether oxygens (including phenoxy) is 1. The second kappa shape index (κ2) is 4.99. The summed E-state index contributed by atoms with van der Waals surface area (Å²) in [5.41, 5.74) is -0.728. The van der Waals surface area contributed by atoms with E-state index in [1.165, 1.54) is 6.07 Å². The number of hydrogen-bond acceptors (Lipinski definition) is 2. The molecule has 0 aliphatic heterocycles. The molecule has 0 aliphatic rings. The van der Waals surface area contributed by atoms with Gasteiger partial charge in [0.15, 0.2) is 0 Å². The van der Waals surface area contributed by atoms with Gasteiger partial charge in [-0.05, 0) is 46.8 Å². The van der Waals surface area contributed by atoms with Crippen molar-refractivity contribution in [1.82, 2.24) is 0 Å². The van der Waals surface area contributed by atoms with Gasteiger partial charge in [0, 0.05) is 0 Å². The number of rotatable bonds is 3. The Bertz CT molecular complexity index is 341. The lowest BCUT2D eigenvalue weighted by Crippen LogP contribution is -2.05. The van der Waals surface area contributed by atoms with Crippen LogP contribution in [0.25, 0.3) is 0 Å². The van der Waals surface area contributed by atoms with Crippen molar-refractivity contribution in [2.24, 2.45) is 0 Å². The number of benzene rings is 1. The summed E-state index contributed by atoms with van der Waals surface area (Å²) >= 11 is 0. The molecule has 0 spiro atoms. The van der Waals surface area contributed by atoms with E-state index >= 15 is 0 Å². The topological polar surface area (TPSA) is 9.23 Å². The second-order valence-electron chi connectivity index (χ2n) is 2.67. The Kier molecular flexibility index (Phi) is 4.16. The molecule has 1 aromatic rings. The maximum Gasteiger partial charge on any atom is 0.416 e. The van der Waals surface area contributed by atoms with Crippen LogP contribution in [0, 0.1) is 0 Å². The van der Waals surface area contributed by atoms with Gasteiger partial charge in [0.25, 0.3) is 0 Å². The molecule has 1 nitrogen and oxygen atoms in total. The summed E-state index contributed by atoms with van der Waals surface area (Å²) in [5.74, 6) is 0.366. The lowest BCUT2D eigenvalue weighted by atomic mass is 10.2. The van der Waals surface area contributed by atoms with Crippen LogP contribution < -0.4 is 4.74 Å². The van der Waals surface area contributed by atoms with E-state index in [4.69, 9.17) is 15.4 Å².